The van der Waals surface area contributed by atoms with E-state index in [0.717, 1.165) is 16.8 Å². The average molecular weight is 494 g/mol. The summed E-state index contributed by atoms with van der Waals surface area (Å²) in [5, 5.41) is 6.92. The van der Waals surface area contributed by atoms with E-state index in [9.17, 15) is 9.59 Å². The highest BCUT2D eigenvalue weighted by Crippen LogP contribution is 2.33. The quantitative estimate of drug-likeness (QED) is 0.353. The van der Waals surface area contributed by atoms with Crippen molar-refractivity contribution in [1.29, 1.82) is 0 Å². The first kappa shape index (κ1) is 26.4. The molecule has 1 amide bonds. The SMILES string of the molecule is CCC(C(=O)Nc1cccc(C2NC(=S)N(CC)C(C)=C2C(=O)OCC(C)C)c1)c1ccccc1. The van der Waals surface area contributed by atoms with Gasteiger partial charge in [-0.15, -0.1) is 0 Å². The molecule has 1 heterocycles. The maximum Gasteiger partial charge on any atom is 0.338 e. The van der Waals surface area contributed by atoms with Crippen LogP contribution in [0.3, 0.4) is 0 Å². The number of amides is 1. The van der Waals surface area contributed by atoms with Crippen LogP contribution in [-0.2, 0) is 14.3 Å². The minimum atomic E-state index is -0.474. The number of ether oxygens (including phenoxy) is 1. The van der Waals surface area contributed by atoms with Crippen LogP contribution in [0.4, 0.5) is 5.69 Å². The summed E-state index contributed by atoms with van der Waals surface area (Å²) in [4.78, 5) is 28.2. The van der Waals surface area contributed by atoms with E-state index in [2.05, 4.69) is 10.6 Å². The van der Waals surface area contributed by atoms with Crippen LogP contribution in [0.1, 0.15) is 64.1 Å². The number of allylic oxidation sites excluding steroid dienone is 1. The Balaban J connectivity index is 1.90. The molecule has 1 aliphatic heterocycles. The molecule has 2 aromatic rings. The molecule has 0 saturated carbocycles. The predicted octanol–water partition coefficient (Wildman–Crippen LogP) is 5.54. The molecule has 2 unspecified atom stereocenters. The number of hydrogen-bond acceptors (Lipinski definition) is 4. The van der Waals surface area contributed by atoms with E-state index < -0.39 is 6.04 Å². The highest BCUT2D eigenvalue weighted by Gasteiger charge is 2.34. The molecule has 0 aromatic heterocycles. The lowest BCUT2D eigenvalue weighted by Crippen LogP contribution is -2.47. The van der Waals surface area contributed by atoms with Crippen molar-refractivity contribution in [3.05, 3.63) is 77.0 Å². The lowest BCUT2D eigenvalue weighted by molar-refractivity contribution is -0.140. The number of anilines is 1. The molecule has 0 saturated heterocycles. The van der Waals surface area contributed by atoms with Gasteiger partial charge in [0, 0.05) is 17.9 Å². The Kier molecular flexibility index (Phi) is 9.04. The fourth-order valence-electron chi connectivity index (χ4n) is 4.28. The first-order valence-electron chi connectivity index (χ1n) is 12.2. The summed E-state index contributed by atoms with van der Waals surface area (Å²) < 4.78 is 5.61. The van der Waals surface area contributed by atoms with Crippen LogP contribution >= 0.6 is 12.2 Å². The number of carbonyl (C=O) groups is 2. The van der Waals surface area contributed by atoms with Gasteiger partial charge < -0.3 is 20.3 Å². The van der Waals surface area contributed by atoms with Crippen molar-refractivity contribution in [3.63, 3.8) is 0 Å². The monoisotopic (exact) mass is 493 g/mol. The van der Waals surface area contributed by atoms with Crippen LogP contribution in [-0.4, -0.2) is 35.0 Å². The molecule has 0 fully saturated rings. The van der Waals surface area contributed by atoms with Crippen molar-refractivity contribution in [2.24, 2.45) is 5.92 Å². The molecule has 2 aromatic carbocycles. The van der Waals surface area contributed by atoms with Crippen LogP contribution in [0.2, 0.25) is 0 Å². The van der Waals surface area contributed by atoms with Crippen LogP contribution in [0.5, 0.6) is 0 Å². The number of thiocarbonyl (C=S) groups is 1. The summed E-state index contributed by atoms with van der Waals surface area (Å²) in [7, 11) is 0. The number of nitrogens with one attached hydrogen (secondary N) is 2. The van der Waals surface area contributed by atoms with Crippen LogP contribution in [0, 0.1) is 5.92 Å². The zero-order chi connectivity index (χ0) is 25.5. The van der Waals surface area contributed by atoms with Gasteiger partial charge >= 0.3 is 5.97 Å². The zero-order valence-corrected chi connectivity index (χ0v) is 21.9. The topological polar surface area (TPSA) is 70.7 Å². The second-order valence-corrected chi connectivity index (χ2v) is 9.49. The Morgan fingerprint density at radius 1 is 1.11 bits per heavy atom. The molecule has 0 spiro atoms. The summed E-state index contributed by atoms with van der Waals surface area (Å²) in [6, 6.07) is 16.8. The second-order valence-electron chi connectivity index (χ2n) is 9.10. The molecule has 2 atom stereocenters. The molecule has 186 valence electrons. The summed E-state index contributed by atoms with van der Waals surface area (Å²) in [5.74, 6) is -0.447. The van der Waals surface area contributed by atoms with Gasteiger partial charge in [-0.3, -0.25) is 4.79 Å². The van der Waals surface area contributed by atoms with E-state index in [1.807, 2.05) is 94.1 Å². The number of nitrogens with zero attached hydrogens (tertiary/aromatic N) is 1. The minimum absolute atomic E-state index is 0.0663. The molecule has 3 rings (SSSR count). The van der Waals surface area contributed by atoms with Crippen molar-refractivity contribution >= 4 is 34.9 Å². The molecule has 0 bridgehead atoms. The largest absolute Gasteiger partial charge is 0.462 e. The van der Waals surface area contributed by atoms with E-state index in [-0.39, 0.29) is 23.7 Å². The number of rotatable bonds is 9. The Hall–Kier alpha value is -3.19. The Bertz CT molecular complexity index is 1100. The van der Waals surface area contributed by atoms with Crippen LogP contribution in [0.25, 0.3) is 0 Å². The molecule has 0 aliphatic carbocycles. The Labute approximate surface area is 213 Å². The minimum Gasteiger partial charge on any atom is -0.462 e. The summed E-state index contributed by atoms with van der Waals surface area (Å²) in [6.07, 6.45) is 0.689. The summed E-state index contributed by atoms with van der Waals surface area (Å²) in [6.45, 7) is 10.9. The van der Waals surface area contributed by atoms with Crippen molar-refractivity contribution < 1.29 is 14.3 Å². The van der Waals surface area contributed by atoms with Gasteiger partial charge in [0.1, 0.15) is 0 Å². The molecule has 6 nitrogen and oxygen atoms in total. The number of hydrogen-bond donors (Lipinski definition) is 2. The molecule has 1 aliphatic rings. The van der Waals surface area contributed by atoms with Gasteiger partial charge in [0.05, 0.1) is 24.1 Å². The first-order valence-corrected chi connectivity index (χ1v) is 12.6. The number of benzene rings is 2. The molecule has 7 heteroatoms. The lowest BCUT2D eigenvalue weighted by atomic mass is 9.94. The maximum atomic E-state index is 13.2. The van der Waals surface area contributed by atoms with Crippen molar-refractivity contribution in [3.8, 4) is 0 Å². The van der Waals surface area contributed by atoms with E-state index in [1.165, 1.54) is 0 Å². The highest BCUT2D eigenvalue weighted by molar-refractivity contribution is 7.80. The summed E-state index contributed by atoms with van der Waals surface area (Å²) >= 11 is 5.59. The van der Waals surface area contributed by atoms with Gasteiger partial charge in [0.25, 0.3) is 0 Å². The maximum absolute atomic E-state index is 13.2. The van der Waals surface area contributed by atoms with Crippen molar-refractivity contribution in [2.75, 3.05) is 18.5 Å². The van der Waals surface area contributed by atoms with Crippen molar-refractivity contribution in [2.45, 2.75) is 53.0 Å². The van der Waals surface area contributed by atoms with Gasteiger partial charge in [-0.1, -0.05) is 63.2 Å². The third-order valence-electron chi connectivity index (χ3n) is 6.09. The van der Waals surface area contributed by atoms with E-state index in [1.54, 1.807) is 0 Å². The highest BCUT2D eigenvalue weighted by atomic mass is 32.1. The van der Waals surface area contributed by atoms with E-state index in [4.69, 9.17) is 17.0 Å². The Morgan fingerprint density at radius 2 is 1.83 bits per heavy atom. The van der Waals surface area contributed by atoms with Crippen molar-refractivity contribution in [1.82, 2.24) is 10.2 Å². The third kappa shape index (κ3) is 6.28. The van der Waals surface area contributed by atoms with Gasteiger partial charge in [0.2, 0.25) is 5.91 Å². The van der Waals surface area contributed by atoms with E-state index >= 15 is 0 Å². The molecular formula is C28H35N3O3S. The fraction of sp³-hybridized carbons (Fsp3) is 0.393. The van der Waals surface area contributed by atoms with Gasteiger partial charge in [-0.05, 0) is 61.7 Å². The fourth-order valence-corrected chi connectivity index (χ4v) is 4.66. The summed E-state index contributed by atoms with van der Waals surface area (Å²) in [5.41, 5.74) is 3.78. The smallest absolute Gasteiger partial charge is 0.338 e. The van der Waals surface area contributed by atoms with E-state index in [0.29, 0.717) is 35.9 Å². The lowest BCUT2D eigenvalue weighted by Gasteiger charge is -2.37. The molecule has 0 radical (unpaired) electrons. The third-order valence-corrected chi connectivity index (χ3v) is 6.43. The standard InChI is InChI=1S/C28H35N3O3S/c1-6-23(20-12-9-8-10-13-20)26(32)29-22-15-11-14-21(16-22)25-24(27(33)34-17-18(3)4)19(5)31(7-2)28(35)30-25/h8-16,18,23,25H,6-7,17H2,1-5H3,(H,29,32)(H,30,35). The van der Waals surface area contributed by atoms with Gasteiger partial charge in [0.15, 0.2) is 5.11 Å². The first-order chi connectivity index (χ1) is 16.8. The predicted molar refractivity (Wildman–Crippen MR) is 144 cm³/mol. The number of esters is 1. The van der Waals surface area contributed by atoms with Gasteiger partial charge in [-0.2, -0.15) is 0 Å². The van der Waals surface area contributed by atoms with Crippen LogP contribution in [0.15, 0.2) is 65.9 Å². The second kappa shape index (κ2) is 12.0. The molecular weight excluding hydrogens is 458 g/mol. The van der Waals surface area contributed by atoms with Gasteiger partial charge in [-0.25, -0.2) is 4.79 Å². The average Bonchev–Trinajstić information content (AvgIpc) is 2.83. The molecule has 35 heavy (non-hydrogen) atoms. The zero-order valence-electron chi connectivity index (χ0n) is 21.1. The number of carbonyl (C=O) groups excluding carboxylic acids is 2. The Morgan fingerprint density at radius 3 is 2.46 bits per heavy atom. The molecule has 2 N–H and O–H groups in total. The normalized spacial score (nSPS) is 16.7. The van der Waals surface area contributed by atoms with Crippen LogP contribution < -0.4 is 10.6 Å².